The zero-order chi connectivity index (χ0) is 15.4. The highest BCUT2D eigenvalue weighted by Crippen LogP contribution is 2.32. The van der Waals surface area contributed by atoms with Gasteiger partial charge in [-0.05, 0) is 31.4 Å². The highest BCUT2D eigenvalue weighted by molar-refractivity contribution is 7.14. The number of benzene rings is 1. The van der Waals surface area contributed by atoms with Gasteiger partial charge in [0.05, 0.1) is 11.4 Å². The van der Waals surface area contributed by atoms with Gasteiger partial charge in [0.15, 0.2) is 5.13 Å². The number of carbonyl (C=O) groups excluding carboxylic acids is 1. The fourth-order valence-electron chi connectivity index (χ4n) is 3.12. The van der Waals surface area contributed by atoms with Crippen LogP contribution in [0.15, 0.2) is 35.7 Å². The number of amides is 1. The number of rotatable bonds is 5. The quantitative estimate of drug-likeness (QED) is 0.770. The van der Waals surface area contributed by atoms with Crippen LogP contribution < -0.4 is 4.90 Å². The van der Waals surface area contributed by atoms with Crippen molar-refractivity contribution in [3.63, 3.8) is 0 Å². The average molecular weight is 314 g/mol. The Kier molecular flexibility index (Phi) is 4.88. The van der Waals surface area contributed by atoms with Crippen LogP contribution in [0, 0.1) is 12.8 Å². The first-order valence-corrected chi connectivity index (χ1v) is 8.92. The maximum Gasteiger partial charge on any atom is 0.233 e. The zero-order valence-corrected chi connectivity index (χ0v) is 13.8. The van der Waals surface area contributed by atoms with E-state index in [1.165, 1.54) is 37.0 Å². The van der Waals surface area contributed by atoms with Gasteiger partial charge in [0, 0.05) is 11.8 Å². The molecule has 0 bridgehead atoms. The predicted octanol–water partition coefficient (Wildman–Crippen LogP) is 5.09. The van der Waals surface area contributed by atoms with E-state index in [4.69, 9.17) is 0 Å². The predicted molar refractivity (Wildman–Crippen MR) is 91.6 cm³/mol. The maximum atomic E-state index is 12.8. The first-order valence-electron chi connectivity index (χ1n) is 8.04. The molecule has 4 heteroatoms. The van der Waals surface area contributed by atoms with E-state index >= 15 is 0 Å². The number of hydrogen-bond donors (Lipinski definition) is 0. The van der Waals surface area contributed by atoms with Crippen molar-refractivity contribution in [3.05, 3.63) is 41.4 Å². The van der Waals surface area contributed by atoms with Gasteiger partial charge < -0.3 is 0 Å². The number of hydrogen-bond acceptors (Lipinski definition) is 3. The van der Waals surface area contributed by atoms with Crippen LogP contribution in [0.3, 0.4) is 0 Å². The summed E-state index contributed by atoms with van der Waals surface area (Å²) in [6.07, 6.45) is 6.84. The highest BCUT2D eigenvalue weighted by Gasteiger charge is 2.23. The van der Waals surface area contributed by atoms with Crippen molar-refractivity contribution in [1.29, 1.82) is 0 Å². The molecule has 1 aliphatic carbocycles. The molecule has 1 saturated carbocycles. The molecule has 0 radical (unpaired) electrons. The van der Waals surface area contributed by atoms with Gasteiger partial charge in [-0.3, -0.25) is 9.69 Å². The normalized spacial score (nSPS) is 15.1. The minimum absolute atomic E-state index is 0.160. The molecular weight excluding hydrogens is 292 g/mol. The molecule has 0 aliphatic heterocycles. The fourth-order valence-corrected chi connectivity index (χ4v) is 3.96. The van der Waals surface area contributed by atoms with Crippen LogP contribution >= 0.6 is 11.3 Å². The third kappa shape index (κ3) is 3.55. The number of carbonyl (C=O) groups is 1. The van der Waals surface area contributed by atoms with Gasteiger partial charge >= 0.3 is 0 Å². The molecule has 22 heavy (non-hydrogen) atoms. The van der Waals surface area contributed by atoms with E-state index in [1.54, 1.807) is 4.90 Å². The standard InChI is InChI=1S/C18H22N2OS/c1-14-13-22-18(19-14)20(16-9-3-2-4-10-16)17(21)12-11-15-7-5-6-8-15/h2-4,9-10,13,15H,5-8,11-12H2,1H3. The Bertz CT molecular complexity index is 617. The first kappa shape index (κ1) is 15.2. The Morgan fingerprint density at radius 2 is 2.00 bits per heavy atom. The Labute approximate surface area is 136 Å². The van der Waals surface area contributed by atoms with Crippen LogP contribution in [0.4, 0.5) is 10.8 Å². The minimum Gasteiger partial charge on any atom is -0.274 e. The van der Waals surface area contributed by atoms with Gasteiger partial charge in [-0.25, -0.2) is 4.98 Å². The molecule has 1 heterocycles. The van der Waals surface area contributed by atoms with Crippen LogP contribution in [0.5, 0.6) is 0 Å². The summed E-state index contributed by atoms with van der Waals surface area (Å²) in [6, 6.07) is 9.85. The molecule has 0 unspecified atom stereocenters. The van der Waals surface area contributed by atoms with Crippen molar-refractivity contribution >= 4 is 28.1 Å². The molecule has 0 saturated heterocycles. The van der Waals surface area contributed by atoms with Crippen LogP contribution in [0.2, 0.25) is 0 Å². The second-order valence-corrected chi connectivity index (χ2v) is 6.86. The van der Waals surface area contributed by atoms with E-state index < -0.39 is 0 Å². The lowest BCUT2D eigenvalue weighted by molar-refractivity contribution is -0.118. The lowest BCUT2D eigenvalue weighted by atomic mass is 10.0. The van der Waals surface area contributed by atoms with Crippen LogP contribution in [-0.4, -0.2) is 10.9 Å². The van der Waals surface area contributed by atoms with Gasteiger partial charge in [-0.1, -0.05) is 43.9 Å². The summed E-state index contributed by atoms with van der Waals surface area (Å²) in [5, 5.41) is 2.77. The summed E-state index contributed by atoms with van der Waals surface area (Å²) in [5.74, 6) is 0.895. The number of aryl methyl sites for hydroxylation is 1. The van der Waals surface area contributed by atoms with Crippen LogP contribution in [0.25, 0.3) is 0 Å². The van der Waals surface area contributed by atoms with Gasteiger partial charge in [-0.15, -0.1) is 11.3 Å². The van der Waals surface area contributed by atoms with E-state index in [0.29, 0.717) is 6.42 Å². The van der Waals surface area contributed by atoms with Crippen molar-refractivity contribution < 1.29 is 4.79 Å². The molecule has 0 N–H and O–H groups in total. The SMILES string of the molecule is Cc1csc(N(C(=O)CCC2CCCC2)c2ccccc2)n1. The molecular formula is C18H22N2OS. The summed E-state index contributed by atoms with van der Waals surface area (Å²) in [5.41, 5.74) is 1.87. The first-order chi connectivity index (χ1) is 10.7. The summed E-state index contributed by atoms with van der Waals surface area (Å²) in [7, 11) is 0. The van der Waals surface area contributed by atoms with Gasteiger partial charge in [-0.2, -0.15) is 0 Å². The Hall–Kier alpha value is -1.68. The molecule has 116 valence electrons. The smallest absolute Gasteiger partial charge is 0.233 e. The molecule has 1 fully saturated rings. The summed E-state index contributed by atoms with van der Waals surface area (Å²) >= 11 is 1.53. The number of para-hydroxylation sites is 1. The molecule has 1 aliphatic rings. The van der Waals surface area contributed by atoms with Crippen molar-refractivity contribution in [3.8, 4) is 0 Å². The molecule has 1 amide bonds. The monoisotopic (exact) mass is 314 g/mol. The van der Waals surface area contributed by atoms with E-state index in [-0.39, 0.29) is 5.91 Å². The zero-order valence-electron chi connectivity index (χ0n) is 13.0. The molecule has 1 aromatic carbocycles. The molecule has 0 atom stereocenters. The van der Waals surface area contributed by atoms with E-state index in [9.17, 15) is 4.79 Å². The summed E-state index contributed by atoms with van der Waals surface area (Å²) in [4.78, 5) is 19.1. The Balaban J connectivity index is 1.77. The average Bonchev–Trinajstić information content (AvgIpc) is 3.18. The third-order valence-corrected chi connectivity index (χ3v) is 5.25. The van der Waals surface area contributed by atoms with Crippen LogP contribution in [-0.2, 0) is 4.79 Å². The summed E-state index contributed by atoms with van der Waals surface area (Å²) in [6.45, 7) is 1.96. The Morgan fingerprint density at radius 3 is 2.64 bits per heavy atom. The lowest BCUT2D eigenvalue weighted by Crippen LogP contribution is -2.26. The largest absolute Gasteiger partial charge is 0.274 e. The van der Waals surface area contributed by atoms with Gasteiger partial charge in [0.2, 0.25) is 5.91 Å². The third-order valence-electron chi connectivity index (χ3n) is 4.30. The minimum atomic E-state index is 0.160. The number of nitrogens with zero attached hydrogens (tertiary/aromatic N) is 2. The second-order valence-electron chi connectivity index (χ2n) is 6.03. The molecule has 3 rings (SSSR count). The fraction of sp³-hybridized carbons (Fsp3) is 0.444. The molecule has 0 spiro atoms. The van der Waals surface area contributed by atoms with Crippen molar-refractivity contribution in [2.75, 3.05) is 4.90 Å². The molecule has 3 nitrogen and oxygen atoms in total. The number of thiazole rings is 1. The summed E-state index contributed by atoms with van der Waals surface area (Å²) < 4.78 is 0. The van der Waals surface area contributed by atoms with Crippen molar-refractivity contribution in [2.45, 2.75) is 45.4 Å². The molecule has 2 aromatic rings. The molecule has 1 aromatic heterocycles. The number of aromatic nitrogens is 1. The van der Waals surface area contributed by atoms with E-state index in [0.717, 1.165) is 28.9 Å². The van der Waals surface area contributed by atoms with Crippen molar-refractivity contribution in [1.82, 2.24) is 4.98 Å². The van der Waals surface area contributed by atoms with E-state index in [1.807, 2.05) is 42.6 Å². The second kappa shape index (κ2) is 7.05. The van der Waals surface area contributed by atoms with Crippen LogP contribution in [0.1, 0.15) is 44.2 Å². The maximum absolute atomic E-state index is 12.8. The Morgan fingerprint density at radius 1 is 1.27 bits per heavy atom. The van der Waals surface area contributed by atoms with Gasteiger partial charge in [0.1, 0.15) is 0 Å². The van der Waals surface area contributed by atoms with Gasteiger partial charge in [0.25, 0.3) is 0 Å². The number of anilines is 2. The van der Waals surface area contributed by atoms with E-state index in [2.05, 4.69) is 4.98 Å². The topological polar surface area (TPSA) is 33.2 Å². The highest BCUT2D eigenvalue weighted by atomic mass is 32.1. The lowest BCUT2D eigenvalue weighted by Gasteiger charge is -2.21. The van der Waals surface area contributed by atoms with Crippen molar-refractivity contribution in [2.24, 2.45) is 5.92 Å².